The van der Waals surface area contributed by atoms with E-state index in [0.29, 0.717) is 71.3 Å². The predicted molar refractivity (Wildman–Crippen MR) is 318 cm³/mol. The number of hydrogen-bond acceptors (Lipinski definition) is 14. The molecule has 0 spiro atoms. The Morgan fingerprint density at radius 1 is 0.621 bits per heavy atom. The van der Waals surface area contributed by atoms with Crippen molar-refractivity contribution in [2.75, 3.05) is 60.2 Å². The number of nitrogens with one attached hydrogen (secondary N) is 4. The number of β-amino-alcohol motifs (C(OH)–C–C–N with tert-alkyl or cyclic N) is 1. The Kier molecular flexibility index (Phi) is 20.6. The molecule has 5 amide bonds. The maximum Gasteiger partial charge on any atom is 0.405 e. The minimum absolute atomic E-state index is 0.0271. The molecular formula is C63H70F5N11O8. The van der Waals surface area contributed by atoms with Gasteiger partial charge in [0.15, 0.2) is 6.17 Å². The van der Waals surface area contributed by atoms with Crippen molar-refractivity contribution in [2.24, 2.45) is 35.0 Å². The van der Waals surface area contributed by atoms with Crippen LogP contribution < -0.4 is 48.1 Å². The van der Waals surface area contributed by atoms with E-state index in [1.165, 1.54) is 11.0 Å². The number of nitrogens with two attached hydrogens (primary N) is 3. The van der Waals surface area contributed by atoms with Gasteiger partial charge in [-0.2, -0.15) is 13.2 Å². The molecule has 19 nitrogen and oxygen atoms in total. The van der Waals surface area contributed by atoms with Crippen LogP contribution in [0.1, 0.15) is 72.0 Å². The average Bonchev–Trinajstić information content (AvgIpc) is 2.69. The number of ether oxygens (including phenoxy) is 1. The maximum absolute atomic E-state index is 14.6. The minimum Gasteiger partial charge on any atom is -0.487 e. The smallest absolute Gasteiger partial charge is 0.405 e. The summed E-state index contributed by atoms with van der Waals surface area (Å²) >= 11 is 0. The molecule has 3 saturated carbocycles. The SMILES string of the molecule is NCc1cc(-c2cc(NC(=O)C3CC3)ccn2)ccc1C(=O)NCC(F)(F)F.NCc1cc(-c2cc(NC(=O)[C@H]3C[C@H]3F)ccn2)ccc1O[C@H]1CCN(C(=O)CO)C[C@H]1F.NCc1cc(-c2cccc(NC(=O)C3CC3)c2)ccc1N1CC[C@H](O)C1. The first-order valence-corrected chi connectivity index (χ1v) is 28.9. The van der Waals surface area contributed by atoms with Gasteiger partial charge >= 0.3 is 6.18 Å². The van der Waals surface area contributed by atoms with Crippen molar-refractivity contribution in [1.29, 1.82) is 0 Å². The monoisotopic (exact) mass is 1200 g/mol. The van der Waals surface area contributed by atoms with Gasteiger partial charge < -0.3 is 63.2 Å². The van der Waals surface area contributed by atoms with Crippen molar-refractivity contribution >= 4 is 52.3 Å². The highest BCUT2D eigenvalue weighted by atomic mass is 19.4. The van der Waals surface area contributed by atoms with Crippen LogP contribution in [-0.4, -0.2) is 125 Å². The Labute approximate surface area is 499 Å². The van der Waals surface area contributed by atoms with Gasteiger partial charge in [0.25, 0.3) is 5.91 Å². The van der Waals surface area contributed by atoms with Gasteiger partial charge in [-0.05, 0) is 140 Å². The summed E-state index contributed by atoms with van der Waals surface area (Å²) in [7, 11) is 0. The van der Waals surface area contributed by atoms with Crippen molar-refractivity contribution in [3.8, 4) is 39.4 Å². The van der Waals surface area contributed by atoms with E-state index in [9.17, 15) is 51.0 Å². The molecule has 4 aromatic carbocycles. The number of aromatic nitrogens is 2. The lowest BCUT2D eigenvalue weighted by atomic mass is 10.0. The molecule has 87 heavy (non-hydrogen) atoms. The predicted octanol–water partition coefficient (Wildman–Crippen LogP) is 7.39. The van der Waals surface area contributed by atoms with E-state index >= 15 is 0 Å². The van der Waals surface area contributed by atoms with E-state index in [1.54, 1.807) is 67.0 Å². The third-order valence-electron chi connectivity index (χ3n) is 15.4. The first kappa shape index (κ1) is 63.1. The van der Waals surface area contributed by atoms with Crippen molar-refractivity contribution in [2.45, 2.75) is 95.3 Å². The molecule has 6 aromatic rings. The van der Waals surface area contributed by atoms with Gasteiger partial charge in [0.1, 0.15) is 31.2 Å². The number of alkyl halides is 5. The normalized spacial score (nSPS) is 19.5. The zero-order valence-electron chi connectivity index (χ0n) is 47.6. The molecule has 5 aliphatic rings. The summed E-state index contributed by atoms with van der Waals surface area (Å²) in [5, 5.41) is 29.1. The van der Waals surface area contributed by atoms with Crippen LogP contribution in [0.3, 0.4) is 0 Å². The molecule has 5 atom stereocenters. The molecule has 0 unspecified atom stereocenters. The number of carbonyl (C=O) groups is 5. The molecule has 0 radical (unpaired) electrons. The van der Waals surface area contributed by atoms with Gasteiger partial charge in [0.2, 0.25) is 23.6 Å². The van der Waals surface area contributed by atoms with Crippen LogP contribution in [0, 0.1) is 17.8 Å². The standard InChI is InChI=1S/C23H26F2N4O4.C21H25N3O2.C19H19F3N4O2/c24-17-9-16(17)23(32)28-15-3-5-27-19(8-15)13-1-2-20(14(7-13)10-26)33-21-4-6-29(11-18(21)25)22(31)12-30;22-12-17-10-16(6-7-20(17)24-9-8-19(25)13-24)15-2-1-3-18(11-15)23-21(26)14-4-5-14;20-19(21,22)10-25-18(28)15-4-3-12(7-13(15)9-23)16-8-14(5-6-24-16)26-17(27)11-1-2-11/h1-3,5,7-8,16-18,21,30H,4,6,9-12,26H2,(H,27,28,32);1-3,6-7,10-11,14,19,25H,4-5,8-9,12-13,22H2,(H,23,26);3-8,11H,1-2,9-10,23H2,(H,25,28)(H,24,26,27)/t16-,17+,18+,21-;19-;/m00./s1. The van der Waals surface area contributed by atoms with Crippen LogP contribution in [0.2, 0.25) is 0 Å². The number of amides is 5. The highest BCUT2D eigenvalue weighted by Crippen LogP contribution is 2.37. The molecule has 2 aliphatic heterocycles. The largest absolute Gasteiger partial charge is 0.487 e. The average molecular weight is 1200 g/mol. The summed E-state index contributed by atoms with van der Waals surface area (Å²) in [5.41, 5.74) is 27.4. The molecule has 5 fully saturated rings. The van der Waals surface area contributed by atoms with E-state index < -0.39 is 55.5 Å². The van der Waals surface area contributed by atoms with Crippen LogP contribution in [0.5, 0.6) is 5.75 Å². The lowest BCUT2D eigenvalue weighted by Crippen LogP contribution is -2.50. The van der Waals surface area contributed by atoms with Crippen LogP contribution in [0.15, 0.2) is 116 Å². The van der Waals surface area contributed by atoms with Crippen LogP contribution >= 0.6 is 0 Å². The second-order valence-corrected chi connectivity index (χ2v) is 22.1. The van der Waals surface area contributed by atoms with E-state index in [1.807, 2.05) is 29.6 Å². The number of halogens is 5. The van der Waals surface area contributed by atoms with Crippen molar-refractivity contribution in [3.63, 3.8) is 0 Å². The Morgan fingerprint density at radius 3 is 1.74 bits per heavy atom. The molecule has 460 valence electrons. The van der Waals surface area contributed by atoms with Crippen molar-refractivity contribution in [1.82, 2.24) is 20.2 Å². The number of rotatable bonds is 18. The van der Waals surface area contributed by atoms with Crippen LogP contribution in [0.4, 0.5) is 44.7 Å². The molecule has 2 aromatic heterocycles. The topological polar surface area (TPSA) is 293 Å². The number of aliphatic hydroxyl groups excluding tert-OH is 2. The summed E-state index contributed by atoms with van der Waals surface area (Å²) in [6, 6.07) is 30.8. The Bertz CT molecular complexity index is 3460. The van der Waals surface area contributed by atoms with Crippen LogP contribution in [0.25, 0.3) is 33.6 Å². The molecule has 0 bridgehead atoms. The first-order valence-electron chi connectivity index (χ1n) is 28.9. The third kappa shape index (κ3) is 17.2. The highest BCUT2D eigenvalue weighted by Gasteiger charge is 2.44. The summed E-state index contributed by atoms with van der Waals surface area (Å²) in [6.07, 6.45) is 0.269. The number of hydrogen-bond donors (Lipinski definition) is 9. The lowest BCUT2D eigenvalue weighted by Gasteiger charge is -2.34. The number of likely N-dealkylation sites (tertiary alicyclic amines) is 1. The van der Waals surface area contributed by atoms with Gasteiger partial charge in [-0.25, -0.2) is 8.78 Å². The summed E-state index contributed by atoms with van der Waals surface area (Å²) in [6.45, 7) is 0.200. The summed E-state index contributed by atoms with van der Waals surface area (Å²) < 4.78 is 70.5. The fourth-order valence-corrected chi connectivity index (χ4v) is 10.1. The van der Waals surface area contributed by atoms with Gasteiger partial charge in [0, 0.05) is 115 Å². The Morgan fingerprint density at radius 2 is 1.18 bits per heavy atom. The molecule has 3 aliphatic carbocycles. The zero-order chi connectivity index (χ0) is 61.9. The number of anilines is 4. The van der Waals surface area contributed by atoms with Gasteiger partial charge in [0.05, 0.1) is 30.0 Å². The number of nitrogens with zero attached hydrogens (tertiary/aromatic N) is 4. The van der Waals surface area contributed by atoms with Crippen molar-refractivity contribution < 1.29 is 60.9 Å². The van der Waals surface area contributed by atoms with Gasteiger partial charge in [-0.15, -0.1) is 0 Å². The maximum atomic E-state index is 14.6. The highest BCUT2D eigenvalue weighted by molar-refractivity contribution is 5.98. The number of benzene rings is 4. The Balaban J connectivity index is 0.000000157. The number of carbonyl (C=O) groups excluding carboxylic acids is 5. The number of aliphatic hydroxyl groups is 2. The quantitative estimate of drug-likeness (QED) is 0.0379. The van der Waals surface area contributed by atoms with E-state index in [-0.39, 0.29) is 67.3 Å². The summed E-state index contributed by atoms with van der Waals surface area (Å²) in [5.74, 6) is -1.49. The van der Waals surface area contributed by atoms with Crippen LogP contribution in [-0.2, 0) is 38.8 Å². The molecule has 12 N–H and O–H groups in total. The number of piperidine rings is 1. The second kappa shape index (κ2) is 28.4. The van der Waals surface area contributed by atoms with E-state index in [4.69, 9.17) is 27.0 Å². The Hall–Kier alpha value is -8.42. The summed E-state index contributed by atoms with van der Waals surface area (Å²) in [4.78, 5) is 71.6. The first-order chi connectivity index (χ1) is 41.8. The van der Waals surface area contributed by atoms with Gasteiger partial charge in [-0.1, -0.05) is 24.3 Å². The van der Waals surface area contributed by atoms with Gasteiger partial charge in [-0.3, -0.25) is 33.9 Å². The zero-order valence-corrected chi connectivity index (χ0v) is 47.6. The molecular weight excluding hydrogens is 1130 g/mol. The lowest BCUT2D eigenvalue weighted by molar-refractivity contribution is -0.138. The van der Waals surface area contributed by atoms with Crippen molar-refractivity contribution in [3.05, 3.63) is 138 Å². The fraction of sp³-hybridized carbons (Fsp3) is 0.381. The third-order valence-corrected chi connectivity index (χ3v) is 15.4. The van der Waals surface area contributed by atoms with E-state index in [0.717, 1.165) is 72.3 Å². The number of pyridine rings is 2. The second-order valence-electron chi connectivity index (χ2n) is 22.1. The molecule has 24 heteroatoms. The molecule has 4 heterocycles. The molecule has 2 saturated heterocycles. The van der Waals surface area contributed by atoms with E-state index in [2.05, 4.69) is 49.0 Å². The molecule has 11 rings (SSSR count). The fourth-order valence-electron chi connectivity index (χ4n) is 10.1. The minimum atomic E-state index is -4.49.